The summed E-state index contributed by atoms with van der Waals surface area (Å²) in [6, 6.07) is 5.64. The van der Waals surface area contributed by atoms with Crippen LogP contribution in [0.5, 0.6) is 17.2 Å². The van der Waals surface area contributed by atoms with Crippen LogP contribution < -0.4 is 10.1 Å². The Kier molecular flexibility index (Phi) is 2.86. The minimum absolute atomic E-state index is 0.301. The highest BCUT2D eigenvalue weighted by Gasteiger charge is 2.19. The third kappa shape index (κ3) is 2.09. The smallest absolute Gasteiger partial charge is 0.314 e. The van der Waals surface area contributed by atoms with E-state index in [0.29, 0.717) is 11.5 Å². The molecule has 2 heterocycles. The molecule has 0 spiro atoms. The predicted molar refractivity (Wildman–Crippen MR) is 71.3 cm³/mol. The first-order valence-corrected chi connectivity index (χ1v) is 6.02. The van der Waals surface area contributed by atoms with Crippen molar-refractivity contribution < 1.29 is 14.8 Å². The highest BCUT2D eigenvalue weighted by Crippen LogP contribution is 2.35. The highest BCUT2D eigenvalue weighted by molar-refractivity contribution is 5.57. The first kappa shape index (κ1) is 12.2. The zero-order chi connectivity index (χ0) is 14.1. The molecule has 0 aliphatic carbocycles. The molecule has 1 aromatic carbocycles. The molecule has 0 radical (unpaired) electrons. The molecule has 2 aromatic rings. The van der Waals surface area contributed by atoms with E-state index < -0.39 is 4.92 Å². The van der Waals surface area contributed by atoms with E-state index in [4.69, 9.17) is 4.74 Å². The summed E-state index contributed by atoms with van der Waals surface area (Å²) in [5, 5.41) is 23.3. The molecule has 1 aliphatic rings. The summed E-state index contributed by atoms with van der Waals surface area (Å²) in [5.74, 6) is 1.30. The van der Waals surface area contributed by atoms with E-state index in [0.717, 1.165) is 24.3 Å². The Labute approximate surface area is 114 Å². The number of nitrogens with one attached hydrogen (secondary N) is 1. The maximum atomic E-state index is 10.8. The minimum Gasteiger partial charge on any atom is -0.502 e. The standard InChI is InChI=1S/C13H11N3O4/c17-11-2-1-8(7-10(11)16(18)19)20-12-4-6-15-13-9(12)3-5-14-13/h1-2,4,6-7,17H,3,5H2,(H,14,15). The SMILES string of the molecule is O=[N+]([O-])c1cc(Oc2ccnc3c2CCN3)ccc1O. The van der Waals surface area contributed by atoms with Gasteiger partial charge in [-0.25, -0.2) is 4.98 Å². The Balaban J connectivity index is 1.94. The van der Waals surface area contributed by atoms with Crippen LogP contribution in [0.2, 0.25) is 0 Å². The summed E-state index contributed by atoms with van der Waals surface area (Å²) < 4.78 is 5.67. The van der Waals surface area contributed by atoms with Gasteiger partial charge >= 0.3 is 5.69 Å². The number of ether oxygens (including phenoxy) is 1. The zero-order valence-corrected chi connectivity index (χ0v) is 10.4. The first-order chi connectivity index (χ1) is 9.65. The number of rotatable bonds is 3. The second kappa shape index (κ2) is 4.69. The van der Waals surface area contributed by atoms with Gasteiger partial charge in [0.1, 0.15) is 17.3 Å². The summed E-state index contributed by atoms with van der Waals surface area (Å²) in [4.78, 5) is 14.3. The lowest BCUT2D eigenvalue weighted by atomic mass is 10.2. The number of nitro benzene ring substituents is 1. The third-order valence-electron chi connectivity index (χ3n) is 3.05. The Bertz CT molecular complexity index is 687. The van der Waals surface area contributed by atoms with Crippen LogP contribution in [0.1, 0.15) is 5.56 Å². The van der Waals surface area contributed by atoms with Gasteiger partial charge in [0.2, 0.25) is 0 Å². The van der Waals surface area contributed by atoms with E-state index in [-0.39, 0.29) is 11.4 Å². The van der Waals surface area contributed by atoms with E-state index in [2.05, 4.69) is 10.3 Å². The minimum atomic E-state index is -0.652. The lowest BCUT2D eigenvalue weighted by molar-refractivity contribution is -0.385. The summed E-state index contributed by atoms with van der Waals surface area (Å²) in [6.07, 6.45) is 2.40. The van der Waals surface area contributed by atoms with E-state index in [1.165, 1.54) is 18.2 Å². The second-order valence-electron chi connectivity index (χ2n) is 4.32. The Morgan fingerprint density at radius 3 is 3.05 bits per heavy atom. The number of aromatic hydroxyl groups is 1. The van der Waals surface area contributed by atoms with Crippen LogP contribution in [-0.4, -0.2) is 21.6 Å². The molecule has 1 aliphatic heterocycles. The number of pyridine rings is 1. The van der Waals surface area contributed by atoms with E-state index in [1.807, 2.05) is 0 Å². The van der Waals surface area contributed by atoms with Crippen molar-refractivity contribution in [3.63, 3.8) is 0 Å². The molecule has 1 aromatic heterocycles. The molecule has 3 rings (SSSR count). The Hall–Kier alpha value is -2.83. The van der Waals surface area contributed by atoms with Crippen molar-refractivity contribution in [2.45, 2.75) is 6.42 Å². The van der Waals surface area contributed by atoms with E-state index in [1.54, 1.807) is 12.3 Å². The number of fused-ring (bicyclic) bond motifs is 1. The fourth-order valence-corrected chi connectivity index (χ4v) is 2.11. The van der Waals surface area contributed by atoms with Crippen LogP contribution in [0.4, 0.5) is 11.5 Å². The monoisotopic (exact) mass is 273 g/mol. The molecule has 0 amide bonds. The summed E-state index contributed by atoms with van der Waals surface area (Å²) in [6.45, 7) is 0.790. The topological polar surface area (TPSA) is 97.5 Å². The summed E-state index contributed by atoms with van der Waals surface area (Å²) in [5.41, 5.74) is 0.564. The number of phenols is 1. The number of hydrogen-bond donors (Lipinski definition) is 2. The quantitative estimate of drug-likeness (QED) is 0.658. The molecule has 0 saturated carbocycles. The van der Waals surface area contributed by atoms with Gasteiger partial charge in [0.25, 0.3) is 0 Å². The number of benzene rings is 1. The molecule has 2 N–H and O–H groups in total. The Morgan fingerprint density at radius 1 is 1.40 bits per heavy atom. The largest absolute Gasteiger partial charge is 0.502 e. The highest BCUT2D eigenvalue weighted by atomic mass is 16.6. The number of phenolic OH excluding ortho intramolecular Hbond substituents is 1. The zero-order valence-electron chi connectivity index (χ0n) is 10.4. The number of nitro groups is 1. The lowest BCUT2D eigenvalue weighted by Gasteiger charge is -2.09. The van der Waals surface area contributed by atoms with E-state index >= 15 is 0 Å². The van der Waals surface area contributed by atoms with Crippen LogP contribution >= 0.6 is 0 Å². The van der Waals surface area contributed by atoms with Gasteiger partial charge in [-0.05, 0) is 24.6 Å². The van der Waals surface area contributed by atoms with Crippen molar-refractivity contribution in [2.24, 2.45) is 0 Å². The maximum Gasteiger partial charge on any atom is 0.314 e. The molecule has 0 fully saturated rings. The van der Waals surface area contributed by atoms with Gasteiger partial charge in [-0.2, -0.15) is 0 Å². The van der Waals surface area contributed by atoms with Gasteiger partial charge in [-0.1, -0.05) is 0 Å². The van der Waals surface area contributed by atoms with Gasteiger partial charge in [0, 0.05) is 18.3 Å². The average molecular weight is 273 g/mol. The predicted octanol–water partition coefficient (Wildman–Crippen LogP) is 2.46. The van der Waals surface area contributed by atoms with Gasteiger partial charge in [-0.3, -0.25) is 10.1 Å². The molecule has 0 unspecified atom stereocenters. The van der Waals surface area contributed by atoms with Gasteiger partial charge in [0.15, 0.2) is 5.75 Å². The lowest BCUT2D eigenvalue weighted by Crippen LogP contribution is -1.93. The van der Waals surface area contributed by atoms with Crippen molar-refractivity contribution in [1.82, 2.24) is 4.98 Å². The molecule has 7 heteroatoms. The van der Waals surface area contributed by atoms with Crippen molar-refractivity contribution in [3.8, 4) is 17.2 Å². The molecule has 0 saturated heterocycles. The molecular formula is C13H11N3O4. The van der Waals surface area contributed by atoms with Gasteiger partial charge in [0.05, 0.1) is 11.0 Å². The van der Waals surface area contributed by atoms with E-state index in [9.17, 15) is 15.2 Å². The Morgan fingerprint density at radius 2 is 2.25 bits per heavy atom. The number of hydrogen-bond acceptors (Lipinski definition) is 6. The van der Waals surface area contributed by atoms with Crippen molar-refractivity contribution >= 4 is 11.5 Å². The fourth-order valence-electron chi connectivity index (χ4n) is 2.11. The molecule has 102 valence electrons. The molecular weight excluding hydrogens is 262 g/mol. The molecule has 0 bridgehead atoms. The van der Waals surface area contributed by atoms with Crippen LogP contribution in [0.15, 0.2) is 30.5 Å². The number of anilines is 1. The molecule has 0 atom stereocenters. The van der Waals surface area contributed by atoms with Crippen LogP contribution in [-0.2, 0) is 6.42 Å². The van der Waals surface area contributed by atoms with Gasteiger partial charge in [-0.15, -0.1) is 0 Å². The average Bonchev–Trinajstić information content (AvgIpc) is 2.90. The first-order valence-electron chi connectivity index (χ1n) is 6.02. The maximum absolute atomic E-state index is 10.8. The van der Waals surface area contributed by atoms with Gasteiger partial charge < -0.3 is 15.2 Å². The summed E-state index contributed by atoms with van der Waals surface area (Å²) >= 11 is 0. The fraction of sp³-hybridized carbons (Fsp3) is 0.154. The van der Waals surface area contributed by atoms with Crippen molar-refractivity contribution in [1.29, 1.82) is 0 Å². The van der Waals surface area contributed by atoms with Crippen molar-refractivity contribution in [3.05, 3.63) is 46.1 Å². The summed E-state index contributed by atoms with van der Waals surface area (Å²) in [7, 11) is 0. The normalized spacial score (nSPS) is 12.6. The second-order valence-corrected chi connectivity index (χ2v) is 4.32. The molecule has 7 nitrogen and oxygen atoms in total. The third-order valence-corrected chi connectivity index (χ3v) is 3.05. The number of nitrogens with zero attached hydrogens (tertiary/aromatic N) is 2. The van der Waals surface area contributed by atoms with Crippen LogP contribution in [0, 0.1) is 10.1 Å². The van der Waals surface area contributed by atoms with Crippen molar-refractivity contribution in [2.75, 3.05) is 11.9 Å². The van der Waals surface area contributed by atoms with Crippen LogP contribution in [0.25, 0.3) is 0 Å². The van der Waals surface area contributed by atoms with Crippen LogP contribution in [0.3, 0.4) is 0 Å². The number of aromatic nitrogens is 1. The molecule has 20 heavy (non-hydrogen) atoms.